The van der Waals surface area contributed by atoms with E-state index in [0.717, 1.165) is 5.56 Å². The molecule has 2 aromatic heterocycles. The average Bonchev–Trinajstić information content (AvgIpc) is 3.06. The number of nitrogens with two attached hydrogens (primary N) is 1. The van der Waals surface area contributed by atoms with E-state index in [9.17, 15) is 14.0 Å². The summed E-state index contributed by atoms with van der Waals surface area (Å²) in [6, 6.07) is 4.83. The maximum Gasteiger partial charge on any atom is 0.346 e. The number of piperazine rings is 1. The number of carbonyl (C=O) groups excluding carboxylic acids is 1. The molecule has 0 saturated carbocycles. The summed E-state index contributed by atoms with van der Waals surface area (Å²) in [6.45, 7) is 3.87. The van der Waals surface area contributed by atoms with Crippen LogP contribution in [0.2, 0.25) is 0 Å². The van der Waals surface area contributed by atoms with E-state index in [4.69, 9.17) is 5.73 Å². The second kappa shape index (κ2) is 6.42. The number of anilines is 2. The molecule has 27 heavy (non-hydrogen) atoms. The van der Waals surface area contributed by atoms with Crippen LogP contribution in [0.3, 0.4) is 0 Å². The number of hydrogen-bond donors (Lipinski definition) is 3. The molecule has 3 heterocycles. The van der Waals surface area contributed by atoms with Crippen molar-refractivity contribution in [2.24, 2.45) is 0 Å². The Balaban J connectivity index is 1.50. The number of fused-ring (bicyclic) bond motifs is 1. The molecule has 1 amide bonds. The van der Waals surface area contributed by atoms with Gasteiger partial charge in [0, 0.05) is 37.1 Å². The molecule has 0 unspecified atom stereocenters. The van der Waals surface area contributed by atoms with E-state index in [-0.39, 0.29) is 17.5 Å². The van der Waals surface area contributed by atoms with Gasteiger partial charge in [0.1, 0.15) is 17.3 Å². The number of hydrogen-bond acceptors (Lipinski definition) is 5. The van der Waals surface area contributed by atoms with Gasteiger partial charge in [0.15, 0.2) is 0 Å². The lowest BCUT2D eigenvalue weighted by atomic mass is 10.2. The smallest absolute Gasteiger partial charge is 0.346 e. The molecule has 0 aliphatic carbocycles. The van der Waals surface area contributed by atoms with Crippen LogP contribution in [0, 0.1) is 12.7 Å². The quantitative estimate of drug-likeness (QED) is 0.629. The van der Waals surface area contributed by atoms with Gasteiger partial charge in [-0.05, 0) is 30.7 Å². The van der Waals surface area contributed by atoms with Gasteiger partial charge in [-0.2, -0.15) is 4.98 Å². The van der Waals surface area contributed by atoms with Gasteiger partial charge in [0.2, 0.25) is 0 Å². The fraction of sp³-hybridized carbons (Fsp3) is 0.278. The van der Waals surface area contributed by atoms with Crippen LogP contribution in [-0.2, 0) is 0 Å². The van der Waals surface area contributed by atoms with Crippen LogP contribution in [0.15, 0.2) is 29.2 Å². The van der Waals surface area contributed by atoms with E-state index in [0.29, 0.717) is 48.5 Å². The van der Waals surface area contributed by atoms with Gasteiger partial charge >= 0.3 is 5.69 Å². The first-order valence-electron chi connectivity index (χ1n) is 8.60. The van der Waals surface area contributed by atoms with E-state index in [1.165, 1.54) is 12.3 Å². The van der Waals surface area contributed by atoms with Gasteiger partial charge in [0.05, 0.1) is 11.9 Å². The summed E-state index contributed by atoms with van der Waals surface area (Å²) in [5, 5.41) is 0.412. The third-order valence-corrected chi connectivity index (χ3v) is 4.79. The van der Waals surface area contributed by atoms with Crippen LogP contribution in [0.4, 0.5) is 15.9 Å². The lowest BCUT2D eigenvalue weighted by molar-refractivity contribution is 0.0742. The fourth-order valence-electron chi connectivity index (χ4n) is 3.42. The van der Waals surface area contributed by atoms with E-state index < -0.39 is 5.69 Å². The van der Waals surface area contributed by atoms with Crippen molar-refractivity contribution in [3.63, 3.8) is 0 Å². The van der Waals surface area contributed by atoms with Gasteiger partial charge in [-0.25, -0.2) is 9.18 Å². The van der Waals surface area contributed by atoms with Crippen LogP contribution in [0.5, 0.6) is 0 Å². The number of rotatable bonds is 2. The highest BCUT2D eigenvalue weighted by atomic mass is 19.1. The molecule has 1 aromatic carbocycles. The van der Waals surface area contributed by atoms with Crippen molar-refractivity contribution < 1.29 is 9.18 Å². The lowest BCUT2D eigenvalue weighted by Gasteiger charge is -2.36. The predicted molar refractivity (Wildman–Crippen MR) is 100 cm³/mol. The number of aryl methyl sites for hydroxylation is 1. The third kappa shape index (κ3) is 3.12. The highest BCUT2D eigenvalue weighted by Gasteiger charge is 2.25. The molecule has 0 atom stereocenters. The summed E-state index contributed by atoms with van der Waals surface area (Å²) in [5.41, 5.74) is 7.77. The molecule has 1 fully saturated rings. The number of aromatic nitrogens is 3. The number of carbonyl (C=O) groups is 1. The van der Waals surface area contributed by atoms with Gasteiger partial charge < -0.3 is 20.5 Å². The number of benzene rings is 1. The Labute approximate surface area is 153 Å². The van der Waals surface area contributed by atoms with E-state index in [1.807, 2.05) is 11.0 Å². The van der Waals surface area contributed by atoms with Crippen molar-refractivity contribution in [3.05, 3.63) is 52.0 Å². The second-order valence-electron chi connectivity index (χ2n) is 6.66. The number of halogens is 1. The van der Waals surface area contributed by atoms with Gasteiger partial charge in [-0.3, -0.25) is 9.78 Å². The van der Waals surface area contributed by atoms with E-state index in [2.05, 4.69) is 15.0 Å². The summed E-state index contributed by atoms with van der Waals surface area (Å²) in [6.07, 6.45) is 1.44. The first-order valence-corrected chi connectivity index (χ1v) is 8.60. The van der Waals surface area contributed by atoms with Crippen LogP contribution in [0.1, 0.15) is 16.1 Å². The normalized spacial score (nSPS) is 14.7. The number of nitrogens with zero attached hydrogens (tertiary/aromatic N) is 3. The Bertz CT molecular complexity index is 1080. The van der Waals surface area contributed by atoms with Crippen molar-refractivity contribution in [3.8, 4) is 0 Å². The molecule has 8 nitrogen and oxygen atoms in total. The summed E-state index contributed by atoms with van der Waals surface area (Å²) in [7, 11) is 0. The highest BCUT2D eigenvalue weighted by molar-refractivity contribution is 5.98. The third-order valence-electron chi connectivity index (χ3n) is 4.79. The molecule has 4 rings (SSSR count). The van der Waals surface area contributed by atoms with Crippen molar-refractivity contribution in [2.45, 2.75) is 6.92 Å². The van der Waals surface area contributed by atoms with Crippen molar-refractivity contribution in [1.82, 2.24) is 19.9 Å². The zero-order chi connectivity index (χ0) is 19.1. The lowest BCUT2D eigenvalue weighted by Crippen LogP contribution is -2.49. The zero-order valence-corrected chi connectivity index (χ0v) is 14.8. The Morgan fingerprint density at radius 1 is 1.19 bits per heavy atom. The summed E-state index contributed by atoms with van der Waals surface area (Å²) >= 11 is 0. The van der Waals surface area contributed by atoms with E-state index >= 15 is 0 Å². The largest absolute Gasteiger partial charge is 0.383 e. The molecular weight excluding hydrogens is 351 g/mol. The SMILES string of the molecule is Cc1cc(F)c2cc(C(=O)N3CCN(c4cnc(=O)[nH]c4N)CC3)[nH]c2c1. The topological polar surface area (TPSA) is 111 Å². The number of aromatic amines is 2. The van der Waals surface area contributed by atoms with Crippen molar-refractivity contribution >= 4 is 28.3 Å². The molecule has 9 heteroatoms. The highest BCUT2D eigenvalue weighted by Crippen LogP contribution is 2.23. The Morgan fingerprint density at radius 2 is 1.93 bits per heavy atom. The molecule has 0 spiro atoms. The van der Waals surface area contributed by atoms with Gasteiger partial charge in [-0.15, -0.1) is 0 Å². The molecule has 1 saturated heterocycles. The monoisotopic (exact) mass is 370 g/mol. The Morgan fingerprint density at radius 3 is 2.63 bits per heavy atom. The van der Waals surface area contributed by atoms with Crippen LogP contribution in [0.25, 0.3) is 10.9 Å². The molecule has 1 aliphatic heterocycles. The van der Waals surface area contributed by atoms with Crippen molar-refractivity contribution in [2.75, 3.05) is 36.8 Å². The standard InChI is InChI=1S/C18H19FN6O2/c1-10-6-12(19)11-8-14(22-13(11)7-10)17(26)25-4-2-24(3-5-25)15-9-21-18(27)23-16(15)20/h6-9,22H,2-5H2,1H3,(H3,20,21,23,27). The number of amides is 1. The van der Waals surface area contributed by atoms with Crippen LogP contribution < -0.4 is 16.3 Å². The second-order valence-corrected chi connectivity index (χ2v) is 6.66. The van der Waals surface area contributed by atoms with Gasteiger partial charge in [0.25, 0.3) is 5.91 Å². The fourth-order valence-corrected chi connectivity index (χ4v) is 3.42. The number of nitrogens with one attached hydrogen (secondary N) is 2. The summed E-state index contributed by atoms with van der Waals surface area (Å²) in [4.78, 5) is 36.9. The predicted octanol–water partition coefficient (Wildman–Crippen LogP) is 1.24. The van der Waals surface area contributed by atoms with Crippen LogP contribution in [-0.4, -0.2) is 51.9 Å². The first-order chi connectivity index (χ1) is 12.9. The molecule has 4 N–H and O–H groups in total. The minimum atomic E-state index is -0.494. The first kappa shape index (κ1) is 17.1. The molecule has 3 aromatic rings. The Hall–Kier alpha value is -3.36. The summed E-state index contributed by atoms with van der Waals surface area (Å²) in [5.74, 6) is -0.252. The average molecular weight is 370 g/mol. The van der Waals surface area contributed by atoms with Crippen molar-refractivity contribution in [1.29, 1.82) is 0 Å². The minimum absolute atomic E-state index is 0.171. The van der Waals surface area contributed by atoms with E-state index in [1.54, 1.807) is 17.9 Å². The molecule has 0 bridgehead atoms. The molecular formula is C18H19FN6O2. The summed E-state index contributed by atoms with van der Waals surface area (Å²) < 4.78 is 14.1. The number of nitrogen functional groups attached to an aromatic ring is 1. The Kier molecular flexibility index (Phi) is 4.06. The molecule has 0 radical (unpaired) electrons. The maximum absolute atomic E-state index is 14.1. The van der Waals surface area contributed by atoms with Gasteiger partial charge in [-0.1, -0.05) is 0 Å². The molecule has 140 valence electrons. The van der Waals surface area contributed by atoms with Crippen LogP contribution >= 0.6 is 0 Å². The minimum Gasteiger partial charge on any atom is -0.383 e. The number of H-pyrrole nitrogens is 2. The molecule has 1 aliphatic rings. The zero-order valence-electron chi connectivity index (χ0n) is 14.8. The maximum atomic E-state index is 14.1.